The lowest BCUT2D eigenvalue weighted by Gasteiger charge is -2.00. The van der Waals surface area contributed by atoms with E-state index in [-0.39, 0.29) is 0 Å². The van der Waals surface area contributed by atoms with Crippen LogP contribution in [0.2, 0.25) is 0 Å². The van der Waals surface area contributed by atoms with Gasteiger partial charge in [-0.3, -0.25) is 0 Å². The summed E-state index contributed by atoms with van der Waals surface area (Å²) in [6.07, 6.45) is 2.15. The zero-order valence-corrected chi connectivity index (χ0v) is 9.46. The smallest absolute Gasteiger partial charge is 0.0482 e. The molecule has 0 fully saturated rings. The predicted octanol–water partition coefficient (Wildman–Crippen LogP) is 2.38. The van der Waals surface area contributed by atoms with E-state index in [1.165, 1.54) is 22.2 Å². The molecule has 0 unspecified atom stereocenters. The van der Waals surface area contributed by atoms with Crippen molar-refractivity contribution in [2.75, 3.05) is 6.54 Å². The van der Waals surface area contributed by atoms with Crippen LogP contribution in [-0.2, 0) is 13.5 Å². The molecule has 1 aromatic heterocycles. The molecule has 0 radical (unpaired) electrons. The molecule has 0 saturated carbocycles. The molecule has 0 aliphatic rings. The molecule has 0 bridgehead atoms. The minimum absolute atomic E-state index is 0.767. The van der Waals surface area contributed by atoms with Crippen molar-refractivity contribution in [3.8, 4) is 0 Å². The van der Waals surface area contributed by atoms with Crippen molar-refractivity contribution in [2.24, 2.45) is 12.8 Å². The number of benzene rings is 1. The van der Waals surface area contributed by atoms with Crippen LogP contribution in [0, 0.1) is 6.92 Å². The van der Waals surface area contributed by atoms with E-state index in [2.05, 4.69) is 42.8 Å². The summed E-state index contributed by atoms with van der Waals surface area (Å²) < 4.78 is 2.27. The lowest BCUT2D eigenvalue weighted by Crippen LogP contribution is -2.01. The molecule has 0 saturated heterocycles. The van der Waals surface area contributed by atoms with Gasteiger partial charge in [0.15, 0.2) is 0 Å². The van der Waals surface area contributed by atoms with Gasteiger partial charge >= 0.3 is 0 Å². The average molecular weight is 202 g/mol. The number of rotatable bonds is 3. The van der Waals surface area contributed by atoms with E-state index in [4.69, 9.17) is 5.73 Å². The fraction of sp³-hybridized carbons (Fsp3) is 0.385. The highest BCUT2D eigenvalue weighted by Gasteiger charge is 2.09. The molecule has 2 N–H and O–H groups in total. The minimum atomic E-state index is 0.767. The van der Waals surface area contributed by atoms with Gasteiger partial charge in [0.25, 0.3) is 0 Å². The second-order valence-electron chi connectivity index (χ2n) is 4.03. The zero-order chi connectivity index (χ0) is 10.8. The molecule has 0 aliphatic heterocycles. The van der Waals surface area contributed by atoms with Crippen molar-refractivity contribution < 1.29 is 0 Å². The van der Waals surface area contributed by atoms with Gasteiger partial charge in [0, 0.05) is 23.6 Å². The minimum Gasteiger partial charge on any atom is -0.348 e. The van der Waals surface area contributed by atoms with Crippen molar-refractivity contribution in [2.45, 2.75) is 19.8 Å². The number of hydrogen-bond acceptors (Lipinski definition) is 1. The van der Waals surface area contributed by atoms with Crippen molar-refractivity contribution in [3.05, 3.63) is 35.5 Å². The molecule has 2 heteroatoms. The van der Waals surface area contributed by atoms with Crippen LogP contribution in [-0.4, -0.2) is 11.1 Å². The Labute approximate surface area is 90.7 Å². The van der Waals surface area contributed by atoms with Gasteiger partial charge in [-0.05, 0) is 37.9 Å². The molecule has 0 atom stereocenters. The third-order valence-corrected chi connectivity index (χ3v) is 3.16. The number of nitrogens with two attached hydrogens (primary N) is 1. The first-order valence-electron chi connectivity index (χ1n) is 5.48. The number of fused-ring (bicyclic) bond motifs is 1. The standard InChI is InChI=1S/C13H18N2/c1-10-11(7-5-9-14)12-6-3-4-8-13(12)15(10)2/h3-4,6,8H,5,7,9,14H2,1-2H3. The van der Waals surface area contributed by atoms with E-state index >= 15 is 0 Å². The van der Waals surface area contributed by atoms with Crippen LogP contribution in [0.25, 0.3) is 10.9 Å². The van der Waals surface area contributed by atoms with Crippen LogP contribution in [0.1, 0.15) is 17.7 Å². The first-order chi connectivity index (χ1) is 7.25. The number of nitrogens with zero attached hydrogens (tertiary/aromatic N) is 1. The number of hydrogen-bond donors (Lipinski definition) is 1. The maximum Gasteiger partial charge on any atom is 0.0482 e. The molecule has 1 heterocycles. The molecule has 15 heavy (non-hydrogen) atoms. The molecule has 2 rings (SSSR count). The van der Waals surface area contributed by atoms with E-state index in [0.29, 0.717) is 0 Å². The highest BCUT2D eigenvalue weighted by Crippen LogP contribution is 2.25. The predicted molar refractivity (Wildman–Crippen MR) is 65.0 cm³/mol. The second-order valence-corrected chi connectivity index (χ2v) is 4.03. The third kappa shape index (κ3) is 1.65. The normalized spacial score (nSPS) is 11.1. The quantitative estimate of drug-likeness (QED) is 0.814. The summed E-state index contributed by atoms with van der Waals surface area (Å²) in [6.45, 7) is 2.95. The fourth-order valence-electron chi connectivity index (χ4n) is 2.19. The van der Waals surface area contributed by atoms with E-state index in [1.54, 1.807) is 0 Å². The lowest BCUT2D eigenvalue weighted by atomic mass is 10.1. The Bertz CT molecular complexity index is 469. The van der Waals surface area contributed by atoms with Gasteiger partial charge in [0.05, 0.1) is 0 Å². The summed E-state index contributed by atoms with van der Waals surface area (Å²) in [5.41, 5.74) is 9.71. The molecule has 2 aromatic rings. The highest BCUT2D eigenvalue weighted by atomic mass is 14.9. The van der Waals surface area contributed by atoms with Crippen LogP contribution < -0.4 is 5.73 Å². The third-order valence-electron chi connectivity index (χ3n) is 3.16. The molecule has 0 aliphatic carbocycles. The Hall–Kier alpha value is -1.28. The summed E-state index contributed by atoms with van der Waals surface area (Å²) in [7, 11) is 2.13. The van der Waals surface area contributed by atoms with Crippen molar-refractivity contribution in [3.63, 3.8) is 0 Å². The van der Waals surface area contributed by atoms with Crippen LogP contribution in [0.4, 0.5) is 0 Å². The van der Waals surface area contributed by atoms with Gasteiger partial charge in [-0.15, -0.1) is 0 Å². The summed E-state index contributed by atoms with van der Waals surface area (Å²) in [6, 6.07) is 8.57. The second kappa shape index (κ2) is 4.07. The monoisotopic (exact) mass is 202 g/mol. The Morgan fingerprint density at radius 3 is 2.73 bits per heavy atom. The molecular formula is C13H18N2. The fourth-order valence-corrected chi connectivity index (χ4v) is 2.19. The van der Waals surface area contributed by atoms with Gasteiger partial charge in [-0.2, -0.15) is 0 Å². The Balaban J connectivity index is 2.56. The van der Waals surface area contributed by atoms with E-state index in [9.17, 15) is 0 Å². The summed E-state index contributed by atoms with van der Waals surface area (Å²) >= 11 is 0. The number of aryl methyl sites for hydroxylation is 2. The Morgan fingerprint density at radius 2 is 2.00 bits per heavy atom. The van der Waals surface area contributed by atoms with Crippen LogP contribution in [0.3, 0.4) is 0 Å². The topological polar surface area (TPSA) is 30.9 Å². The molecule has 0 spiro atoms. The molecule has 0 amide bonds. The van der Waals surface area contributed by atoms with Gasteiger partial charge in [0.1, 0.15) is 0 Å². The van der Waals surface area contributed by atoms with E-state index in [0.717, 1.165) is 19.4 Å². The maximum absolute atomic E-state index is 5.57. The van der Waals surface area contributed by atoms with Crippen molar-refractivity contribution >= 4 is 10.9 Å². The number of aromatic nitrogens is 1. The maximum atomic E-state index is 5.57. The Kier molecular flexibility index (Phi) is 2.78. The van der Waals surface area contributed by atoms with E-state index in [1.807, 2.05) is 0 Å². The molecular weight excluding hydrogens is 184 g/mol. The first kappa shape index (κ1) is 10.2. The van der Waals surface area contributed by atoms with Crippen molar-refractivity contribution in [1.29, 1.82) is 0 Å². The molecule has 2 nitrogen and oxygen atoms in total. The Morgan fingerprint density at radius 1 is 1.27 bits per heavy atom. The molecule has 80 valence electrons. The van der Waals surface area contributed by atoms with Crippen LogP contribution in [0.15, 0.2) is 24.3 Å². The number of para-hydroxylation sites is 1. The van der Waals surface area contributed by atoms with Crippen LogP contribution in [0.5, 0.6) is 0 Å². The first-order valence-corrected chi connectivity index (χ1v) is 5.48. The lowest BCUT2D eigenvalue weighted by molar-refractivity contribution is 0.816. The summed E-state index contributed by atoms with van der Waals surface area (Å²) in [5, 5.41) is 1.38. The molecule has 1 aromatic carbocycles. The van der Waals surface area contributed by atoms with Gasteiger partial charge in [0.2, 0.25) is 0 Å². The SMILES string of the molecule is Cc1c(CCCN)c2ccccc2n1C. The van der Waals surface area contributed by atoms with Crippen molar-refractivity contribution in [1.82, 2.24) is 4.57 Å². The largest absolute Gasteiger partial charge is 0.348 e. The summed E-state index contributed by atoms with van der Waals surface area (Å²) in [5.74, 6) is 0. The van der Waals surface area contributed by atoms with Crippen LogP contribution >= 0.6 is 0 Å². The zero-order valence-electron chi connectivity index (χ0n) is 9.46. The summed E-state index contributed by atoms with van der Waals surface area (Å²) in [4.78, 5) is 0. The average Bonchev–Trinajstić information content (AvgIpc) is 2.51. The van der Waals surface area contributed by atoms with Gasteiger partial charge in [-0.25, -0.2) is 0 Å². The highest BCUT2D eigenvalue weighted by molar-refractivity contribution is 5.85. The van der Waals surface area contributed by atoms with Gasteiger partial charge in [-0.1, -0.05) is 18.2 Å². The van der Waals surface area contributed by atoms with Gasteiger partial charge < -0.3 is 10.3 Å². The van der Waals surface area contributed by atoms with E-state index < -0.39 is 0 Å².